The van der Waals surface area contributed by atoms with E-state index in [2.05, 4.69) is 30.3 Å². The maximum absolute atomic E-state index is 12.7. The molecule has 0 spiro atoms. The van der Waals surface area contributed by atoms with Crippen LogP contribution in [0.25, 0.3) is 0 Å². The number of carbonyl (C=O) groups is 1. The molecule has 0 bridgehead atoms. The van der Waals surface area contributed by atoms with Crippen LogP contribution in [0.3, 0.4) is 0 Å². The first kappa shape index (κ1) is 20.0. The minimum absolute atomic E-state index is 0.0832. The molecule has 2 fully saturated rings. The molecule has 1 N–H and O–H groups in total. The Hall–Kier alpha value is -2.32. The van der Waals surface area contributed by atoms with Crippen molar-refractivity contribution in [2.24, 2.45) is 5.92 Å². The van der Waals surface area contributed by atoms with Crippen molar-refractivity contribution in [3.05, 3.63) is 41.9 Å². The van der Waals surface area contributed by atoms with Gasteiger partial charge in [-0.25, -0.2) is 0 Å². The van der Waals surface area contributed by atoms with Gasteiger partial charge in [-0.15, -0.1) is 10.2 Å². The Morgan fingerprint density at radius 1 is 1.24 bits per heavy atom. The molecule has 2 saturated heterocycles. The SMILES string of the molecule is Cc1nnc(CN2CCC(N3CCC[C@@H](C(=O)NCc4cccnc4)C3)CC2)o1. The van der Waals surface area contributed by atoms with E-state index in [0.29, 0.717) is 24.4 Å². The number of piperidine rings is 2. The number of hydrogen-bond acceptors (Lipinski definition) is 7. The highest BCUT2D eigenvalue weighted by atomic mass is 16.4. The van der Waals surface area contributed by atoms with Gasteiger partial charge in [-0.2, -0.15) is 0 Å². The second kappa shape index (κ2) is 9.45. The number of amides is 1. The highest BCUT2D eigenvalue weighted by Crippen LogP contribution is 2.24. The third-order valence-electron chi connectivity index (χ3n) is 6.01. The first-order valence-electron chi connectivity index (χ1n) is 10.6. The summed E-state index contributed by atoms with van der Waals surface area (Å²) in [4.78, 5) is 21.7. The lowest BCUT2D eigenvalue weighted by Crippen LogP contribution is -2.50. The van der Waals surface area contributed by atoms with Gasteiger partial charge in [0, 0.05) is 51.5 Å². The van der Waals surface area contributed by atoms with Crippen LogP contribution < -0.4 is 5.32 Å². The molecule has 8 heteroatoms. The molecule has 0 saturated carbocycles. The largest absolute Gasteiger partial charge is 0.424 e. The van der Waals surface area contributed by atoms with E-state index in [-0.39, 0.29) is 11.8 Å². The standard InChI is InChI=1S/C21H30N6O2/c1-16-24-25-20(29-16)15-26-10-6-19(7-11-26)27-9-3-5-18(14-27)21(28)23-13-17-4-2-8-22-12-17/h2,4,8,12,18-19H,3,5-7,9-11,13-15H2,1H3,(H,23,28)/t18-/m1/s1. The number of nitrogens with zero attached hydrogens (tertiary/aromatic N) is 5. The van der Waals surface area contributed by atoms with Gasteiger partial charge >= 0.3 is 0 Å². The lowest BCUT2D eigenvalue weighted by molar-refractivity contribution is -0.127. The monoisotopic (exact) mass is 398 g/mol. The summed E-state index contributed by atoms with van der Waals surface area (Å²) < 4.78 is 5.50. The van der Waals surface area contributed by atoms with Crippen LogP contribution in [0.2, 0.25) is 0 Å². The van der Waals surface area contributed by atoms with Gasteiger partial charge in [-0.1, -0.05) is 6.07 Å². The highest BCUT2D eigenvalue weighted by molar-refractivity contribution is 5.78. The molecule has 2 aromatic heterocycles. The van der Waals surface area contributed by atoms with Crippen LogP contribution in [0.4, 0.5) is 0 Å². The Kier molecular flexibility index (Phi) is 6.51. The van der Waals surface area contributed by atoms with E-state index in [4.69, 9.17) is 4.42 Å². The Morgan fingerprint density at radius 2 is 2.10 bits per heavy atom. The third-order valence-corrected chi connectivity index (χ3v) is 6.01. The van der Waals surface area contributed by atoms with E-state index in [9.17, 15) is 4.79 Å². The van der Waals surface area contributed by atoms with Crippen molar-refractivity contribution in [1.29, 1.82) is 0 Å². The quantitative estimate of drug-likeness (QED) is 0.793. The summed E-state index contributed by atoms with van der Waals surface area (Å²) in [6, 6.07) is 4.45. The van der Waals surface area contributed by atoms with Crippen LogP contribution in [0, 0.1) is 12.8 Å². The molecule has 0 unspecified atom stereocenters. The second-order valence-electron chi connectivity index (χ2n) is 8.14. The van der Waals surface area contributed by atoms with Crippen LogP contribution in [-0.4, -0.2) is 63.1 Å². The van der Waals surface area contributed by atoms with E-state index in [1.165, 1.54) is 0 Å². The minimum Gasteiger partial charge on any atom is -0.424 e. The highest BCUT2D eigenvalue weighted by Gasteiger charge is 2.31. The number of pyridine rings is 1. The summed E-state index contributed by atoms with van der Waals surface area (Å²) in [5.41, 5.74) is 1.04. The van der Waals surface area contributed by atoms with Crippen molar-refractivity contribution in [3.63, 3.8) is 0 Å². The Morgan fingerprint density at radius 3 is 2.83 bits per heavy atom. The lowest BCUT2D eigenvalue weighted by atomic mass is 9.93. The van der Waals surface area contributed by atoms with Gasteiger partial charge in [0.2, 0.25) is 17.7 Å². The Labute approximate surface area is 171 Å². The number of nitrogens with one attached hydrogen (secondary N) is 1. The summed E-state index contributed by atoms with van der Waals surface area (Å²) in [5, 5.41) is 11.1. The van der Waals surface area contributed by atoms with E-state index in [1.54, 1.807) is 12.4 Å². The first-order valence-corrected chi connectivity index (χ1v) is 10.6. The molecule has 4 heterocycles. The summed E-state index contributed by atoms with van der Waals surface area (Å²) in [6.07, 6.45) is 7.86. The van der Waals surface area contributed by atoms with Crippen molar-refractivity contribution in [1.82, 2.24) is 30.3 Å². The topological polar surface area (TPSA) is 87.4 Å². The fourth-order valence-electron chi connectivity index (χ4n) is 4.42. The fraction of sp³-hybridized carbons (Fsp3) is 0.619. The van der Waals surface area contributed by atoms with Crippen molar-refractivity contribution in [3.8, 4) is 0 Å². The number of aryl methyl sites for hydroxylation is 1. The van der Waals surface area contributed by atoms with Gasteiger partial charge in [0.1, 0.15) is 0 Å². The molecule has 2 aliphatic rings. The summed E-state index contributed by atoms with van der Waals surface area (Å²) >= 11 is 0. The number of likely N-dealkylation sites (tertiary alicyclic amines) is 2. The maximum Gasteiger partial charge on any atom is 0.230 e. The number of carbonyl (C=O) groups excluding carboxylic acids is 1. The minimum atomic E-state index is 0.0832. The molecule has 0 radical (unpaired) electrons. The molecule has 156 valence electrons. The van der Waals surface area contributed by atoms with Crippen molar-refractivity contribution in [2.75, 3.05) is 26.2 Å². The van der Waals surface area contributed by atoms with Crippen molar-refractivity contribution in [2.45, 2.75) is 51.7 Å². The zero-order chi connectivity index (χ0) is 20.1. The normalized spacial score (nSPS) is 21.9. The van der Waals surface area contributed by atoms with Crippen LogP contribution in [0.15, 0.2) is 28.9 Å². The predicted molar refractivity (Wildman–Crippen MR) is 108 cm³/mol. The van der Waals surface area contributed by atoms with Gasteiger partial charge in [-0.3, -0.25) is 19.6 Å². The van der Waals surface area contributed by atoms with Crippen LogP contribution >= 0.6 is 0 Å². The second-order valence-corrected chi connectivity index (χ2v) is 8.14. The van der Waals surface area contributed by atoms with Gasteiger partial charge in [0.25, 0.3) is 0 Å². The average molecular weight is 399 g/mol. The zero-order valence-corrected chi connectivity index (χ0v) is 17.1. The smallest absolute Gasteiger partial charge is 0.230 e. The summed E-state index contributed by atoms with van der Waals surface area (Å²) in [6.45, 7) is 7.12. The molecular weight excluding hydrogens is 368 g/mol. The van der Waals surface area contributed by atoms with Gasteiger partial charge < -0.3 is 9.73 Å². The van der Waals surface area contributed by atoms with Crippen molar-refractivity contribution < 1.29 is 9.21 Å². The van der Waals surface area contributed by atoms with Gasteiger partial charge in [-0.05, 0) is 43.9 Å². The molecular formula is C21H30N6O2. The maximum atomic E-state index is 12.7. The molecule has 1 amide bonds. The predicted octanol–water partition coefficient (Wildman–Crippen LogP) is 1.77. The zero-order valence-electron chi connectivity index (χ0n) is 17.1. The van der Waals surface area contributed by atoms with Crippen LogP contribution in [0.5, 0.6) is 0 Å². The van der Waals surface area contributed by atoms with E-state index >= 15 is 0 Å². The Balaban J connectivity index is 1.23. The van der Waals surface area contributed by atoms with Gasteiger partial charge in [0.05, 0.1) is 12.5 Å². The van der Waals surface area contributed by atoms with Crippen LogP contribution in [0.1, 0.15) is 43.0 Å². The molecule has 0 aliphatic carbocycles. The summed E-state index contributed by atoms with van der Waals surface area (Å²) in [5.74, 6) is 1.57. The molecule has 2 aliphatic heterocycles. The molecule has 2 aromatic rings. The lowest BCUT2D eigenvalue weighted by Gasteiger charge is -2.41. The fourth-order valence-corrected chi connectivity index (χ4v) is 4.42. The van der Waals surface area contributed by atoms with E-state index < -0.39 is 0 Å². The van der Waals surface area contributed by atoms with E-state index in [0.717, 1.165) is 64.0 Å². The molecule has 4 rings (SSSR count). The van der Waals surface area contributed by atoms with E-state index in [1.807, 2.05) is 19.1 Å². The van der Waals surface area contributed by atoms with Crippen molar-refractivity contribution >= 4 is 5.91 Å². The Bertz CT molecular complexity index is 787. The van der Waals surface area contributed by atoms with Crippen LogP contribution in [-0.2, 0) is 17.9 Å². The summed E-state index contributed by atoms with van der Waals surface area (Å²) in [7, 11) is 0. The first-order chi connectivity index (χ1) is 14.2. The third kappa shape index (κ3) is 5.39. The number of aromatic nitrogens is 3. The number of rotatable bonds is 6. The average Bonchev–Trinajstić information content (AvgIpc) is 3.18. The van der Waals surface area contributed by atoms with Gasteiger partial charge in [0.15, 0.2) is 0 Å². The molecule has 29 heavy (non-hydrogen) atoms. The molecule has 0 aromatic carbocycles. The molecule has 8 nitrogen and oxygen atoms in total. The number of hydrogen-bond donors (Lipinski definition) is 1. The molecule has 1 atom stereocenters.